The van der Waals surface area contributed by atoms with Crippen LogP contribution in [0.3, 0.4) is 0 Å². The minimum atomic E-state index is -1.31. The Kier molecular flexibility index (Phi) is 5.11. The molecule has 0 amide bonds. The molecule has 0 spiro atoms. The van der Waals surface area contributed by atoms with Gasteiger partial charge in [-0.05, 0) is 32.6 Å². The van der Waals surface area contributed by atoms with Crippen molar-refractivity contribution >= 4 is 11.9 Å². The predicted molar refractivity (Wildman–Crippen MR) is 67.8 cm³/mol. The first-order valence-corrected chi connectivity index (χ1v) is 6.40. The van der Waals surface area contributed by atoms with Crippen molar-refractivity contribution in [1.82, 2.24) is 0 Å². The lowest BCUT2D eigenvalue weighted by Gasteiger charge is -2.24. The van der Waals surface area contributed by atoms with Crippen LogP contribution in [0.25, 0.3) is 0 Å². The lowest BCUT2D eigenvalue weighted by atomic mass is 9.85. The molecule has 1 aliphatic rings. The summed E-state index contributed by atoms with van der Waals surface area (Å²) in [7, 11) is 0. The summed E-state index contributed by atoms with van der Waals surface area (Å²) in [4.78, 5) is 24.3. The first-order valence-electron chi connectivity index (χ1n) is 6.40. The molecule has 0 aromatic heterocycles. The van der Waals surface area contributed by atoms with Crippen molar-refractivity contribution in [1.29, 1.82) is 5.26 Å². The fraction of sp³-hybridized carbons (Fsp3) is 0.643. The Morgan fingerprint density at radius 2 is 1.89 bits per heavy atom. The molecule has 1 aliphatic carbocycles. The second-order valence-corrected chi connectivity index (χ2v) is 4.62. The van der Waals surface area contributed by atoms with Crippen LogP contribution in [0.5, 0.6) is 0 Å². The van der Waals surface area contributed by atoms with Gasteiger partial charge < -0.3 is 9.47 Å². The van der Waals surface area contributed by atoms with Crippen LogP contribution in [0.15, 0.2) is 12.2 Å². The van der Waals surface area contributed by atoms with Gasteiger partial charge in [0.2, 0.25) is 0 Å². The number of nitriles is 1. The number of hydrogen-bond donors (Lipinski definition) is 0. The van der Waals surface area contributed by atoms with Gasteiger partial charge in [-0.15, -0.1) is 0 Å². The van der Waals surface area contributed by atoms with Gasteiger partial charge in [0, 0.05) is 6.42 Å². The topological polar surface area (TPSA) is 76.4 Å². The van der Waals surface area contributed by atoms with Gasteiger partial charge in [-0.1, -0.05) is 12.2 Å². The Bertz CT molecular complexity index is 404. The van der Waals surface area contributed by atoms with E-state index in [1.165, 1.54) is 0 Å². The van der Waals surface area contributed by atoms with Gasteiger partial charge in [0.1, 0.15) is 0 Å². The minimum Gasteiger partial charge on any atom is -0.465 e. The molecule has 0 aliphatic heterocycles. The highest BCUT2D eigenvalue weighted by molar-refractivity contribution is 6.01. The van der Waals surface area contributed by atoms with Crippen molar-refractivity contribution in [3.8, 4) is 6.07 Å². The van der Waals surface area contributed by atoms with Crippen molar-refractivity contribution in [2.75, 3.05) is 13.2 Å². The number of carbonyl (C=O) groups excluding carboxylic acids is 2. The highest BCUT2D eigenvalue weighted by atomic mass is 16.6. The Morgan fingerprint density at radius 1 is 1.37 bits per heavy atom. The molecule has 0 N–H and O–H groups in total. The van der Waals surface area contributed by atoms with Gasteiger partial charge in [0.05, 0.1) is 19.3 Å². The zero-order chi connectivity index (χ0) is 14.5. The minimum absolute atomic E-state index is 0.154. The highest BCUT2D eigenvalue weighted by Gasteiger charge is 2.55. The zero-order valence-corrected chi connectivity index (χ0v) is 11.4. The smallest absolute Gasteiger partial charge is 0.323 e. The van der Waals surface area contributed by atoms with E-state index in [1.807, 2.05) is 0 Å². The fourth-order valence-corrected chi connectivity index (χ4v) is 2.43. The van der Waals surface area contributed by atoms with Crippen molar-refractivity contribution < 1.29 is 19.1 Å². The molecule has 5 nitrogen and oxygen atoms in total. The molecule has 0 radical (unpaired) electrons. The second kappa shape index (κ2) is 6.37. The van der Waals surface area contributed by atoms with E-state index in [0.717, 1.165) is 5.57 Å². The number of ether oxygens (including phenoxy) is 2. The van der Waals surface area contributed by atoms with Gasteiger partial charge in [-0.25, -0.2) is 0 Å². The van der Waals surface area contributed by atoms with E-state index in [9.17, 15) is 9.59 Å². The Morgan fingerprint density at radius 3 is 2.32 bits per heavy atom. The van der Waals surface area contributed by atoms with E-state index in [1.54, 1.807) is 13.8 Å². The molecule has 0 heterocycles. The number of hydrogen-bond acceptors (Lipinski definition) is 5. The summed E-state index contributed by atoms with van der Waals surface area (Å²) in [6.45, 7) is 7.65. The van der Waals surface area contributed by atoms with Crippen molar-refractivity contribution in [2.24, 2.45) is 11.3 Å². The van der Waals surface area contributed by atoms with Crippen LogP contribution >= 0.6 is 0 Å². The molecule has 1 rings (SSSR count). The summed E-state index contributed by atoms with van der Waals surface area (Å²) >= 11 is 0. The second-order valence-electron chi connectivity index (χ2n) is 4.62. The van der Waals surface area contributed by atoms with Crippen LogP contribution in [0, 0.1) is 22.7 Å². The first-order chi connectivity index (χ1) is 9.01. The summed E-state index contributed by atoms with van der Waals surface area (Å²) in [5, 5.41) is 8.78. The Balaban J connectivity index is 3.02. The third-order valence-corrected chi connectivity index (χ3v) is 3.37. The molecular formula is C14H19NO4. The fourth-order valence-electron chi connectivity index (χ4n) is 2.43. The monoisotopic (exact) mass is 265 g/mol. The van der Waals surface area contributed by atoms with E-state index in [4.69, 9.17) is 14.7 Å². The van der Waals surface area contributed by atoms with Gasteiger partial charge in [0.15, 0.2) is 5.41 Å². The van der Waals surface area contributed by atoms with Crippen LogP contribution < -0.4 is 0 Å². The molecule has 0 aromatic carbocycles. The van der Waals surface area contributed by atoms with Gasteiger partial charge >= 0.3 is 11.9 Å². The molecule has 0 aromatic rings. The Hall–Kier alpha value is -1.83. The highest BCUT2D eigenvalue weighted by Crippen LogP contribution is 2.47. The summed E-state index contributed by atoms with van der Waals surface area (Å²) in [5.41, 5.74) is -0.576. The largest absolute Gasteiger partial charge is 0.465 e. The van der Waals surface area contributed by atoms with Gasteiger partial charge in [0.25, 0.3) is 0 Å². The van der Waals surface area contributed by atoms with E-state index in [0.29, 0.717) is 0 Å². The Labute approximate surface area is 113 Å². The number of carbonyl (C=O) groups is 2. The maximum absolute atomic E-state index is 12.1. The van der Waals surface area contributed by atoms with Crippen molar-refractivity contribution in [3.63, 3.8) is 0 Å². The van der Waals surface area contributed by atoms with Gasteiger partial charge in [-0.2, -0.15) is 5.26 Å². The normalized spacial score (nSPS) is 20.7. The van der Waals surface area contributed by atoms with Crippen LogP contribution in [-0.4, -0.2) is 25.2 Å². The van der Waals surface area contributed by atoms with Crippen LogP contribution in [0.4, 0.5) is 0 Å². The summed E-state index contributed by atoms with van der Waals surface area (Å²) in [6.07, 6.45) is 0.702. The third-order valence-electron chi connectivity index (χ3n) is 3.37. The lowest BCUT2D eigenvalue weighted by Crippen LogP contribution is -2.40. The van der Waals surface area contributed by atoms with Gasteiger partial charge in [-0.3, -0.25) is 9.59 Å². The standard InChI is InChI=1S/C14H19NO4/c1-4-18-12(16)14(13(17)19-5-2)8-10(3)11(9-14)6-7-15/h11H,3-6,8-9H2,1-2H3. The summed E-state index contributed by atoms with van der Waals surface area (Å²) in [6, 6.07) is 2.05. The molecule has 19 heavy (non-hydrogen) atoms. The van der Waals surface area contributed by atoms with E-state index in [-0.39, 0.29) is 38.4 Å². The molecule has 1 atom stereocenters. The zero-order valence-electron chi connectivity index (χ0n) is 11.4. The average Bonchev–Trinajstić information content (AvgIpc) is 2.69. The molecule has 0 saturated heterocycles. The molecule has 1 saturated carbocycles. The van der Waals surface area contributed by atoms with Crippen molar-refractivity contribution in [2.45, 2.75) is 33.1 Å². The third kappa shape index (κ3) is 2.95. The molecule has 1 fully saturated rings. The summed E-state index contributed by atoms with van der Waals surface area (Å²) in [5.74, 6) is -1.30. The quantitative estimate of drug-likeness (QED) is 0.431. The average molecular weight is 265 g/mol. The number of allylic oxidation sites excluding steroid dienone is 1. The number of rotatable bonds is 5. The maximum Gasteiger partial charge on any atom is 0.323 e. The van der Waals surface area contributed by atoms with Crippen LogP contribution in [0.1, 0.15) is 33.1 Å². The lowest BCUT2D eigenvalue weighted by molar-refractivity contribution is -0.171. The molecule has 5 heteroatoms. The molecular weight excluding hydrogens is 246 g/mol. The summed E-state index contributed by atoms with van der Waals surface area (Å²) < 4.78 is 10.0. The van der Waals surface area contributed by atoms with E-state index >= 15 is 0 Å². The van der Waals surface area contributed by atoms with E-state index in [2.05, 4.69) is 12.6 Å². The maximum atomic E-state index is 12.1. The number of esters is 2. The first kappa shape index (κ1) is 15.2. The number of nitrogens with zero attached hydrogens (tertiary/aromatic N) is 1. The predicted octanol–water partition coefficient (Wildman–Crippen LogP) is 1.98. The van der Waals surface area contributed by atoms with Crippen LogP contribution in [0.2, 0.25) is 0 Å². The van der Waals surface area contributed by atoms with E-state index < -0.39 is 17.4 Å². The molecule has 1 unspecified atom stereocenters. The SMILES string of the molecule is C=C1CC(C(=O)OCC)(C(=O)OCC)CC1CC#N. The molecule has 104 valence electrons. The van der Waals surface area contributed by atoms with Crippen molar-refractivity contribution in [3.05, 3.63) is 12.2 Å². The molecule has 0 bridgehead atoms. The van der Waals surface area contributed by atoms with Crippen LogP contribution in [-0.2, 0) is 19.1 Å².